The van der Waals surface area contributed by atoms with Gasteiger partial charge in [-0.1, -0.05) is 0 Å². The first-order valence-corrected chi connectivity index (χ1v) is 5.76. The summed E-state index contributed by atoms with van der Waals surface area (Å²) < 4.78 is 0. The van der Waals surface area contributed by atoms with Gasteiger partial charge in [0, 0.05) is 12.2 Å². The van der Waals surface area contributed by atoms with Crippen molar-refractivity contribution >= 4 is 12.0 Å². The van der Waals surface area contributed by atoms with Crippen LogP contribution in [0.1, 0.15) is 24.6 Å². The molecule has 7 nitrogen and oxygen atoms in total. The molecule has 0 aromatic carbocycles. The van der Waals surface area contributed by atoms with Crippen LogP contribution < -0.4 is 10.6 Å². The number of amides is 2. The fourth-order valence-corrected chi connectivity index (χ4v) is 1.42. The molecule has 7 heteroatoms. The topological polar surface area (TPSA) is 107 Å². The van der Waals surface area contributed by atoms with Crippen molar-refractivity contribution < 1.29 is 14.7 Å². The highest BCUT2D eigenvalue weighted by Gasteiger charge is 2.12. The van der Waals surface area contributed by atoms with Crippen LogP contribution in [-0.4, -0.2) is 39.9 Å². The van der Waals surface area contributed by atoms with E-state index in [1.807, 2.05) is 6.92 Å². The number of aromatic nitrogens is 2. The molecule has 0 aliphatic rings. The minimum absolute atomic E-state index is 0.464. The van der Waals surface area contributed by atoms with Crippen molar-refractivity contribution in [2.24, 2.45) is 0 Å². The number of nitrogens with zero attached hydrogens (tertiary/aromatic N) is 1. The maximum atomic E-state index is 11.3. The molecule has 18 heavy (non-hydrogen) atoms. The summed E-state index contributed by atoms with van der Waals surface area (Å²) in [6.07, 6.45) is 3.36. The summed E-state index contributed by atoms with van der Waals surface area (Å²) in [5.74, 6) is -1.06. The molecule has 1 aromatic rings. The van der Waals surface area contributed by atoms with Crippen LogP contribution in [0.3, 0.4) is 0 Å². The van der Waals surface area contributed by atoms with Gasteiger partial charge in [0.05, 0.1) is 6.20 Å². The van der Waals surface area contributed by atoms with Crippen molar-refractivity contribution in [3.63, 3.8) is 0 Å². The van der Waals surface area contributed by atoms with Crippen LogP contribution in [0.5, 0.6) is 0 Å². The average Bonchev–Trinajstić information content (AvgIpc) is 2.70. The normalized spacial score (nSPS) is 11.9. The van der Waals surface area contributed by atoms with Crippen LogP contribution in [0.4, 0.5) is 4.79 Å². The maximum Gasteiger partial charge on any atom is 0.325 e. The Kier molecular flexibility index (Phi) is 5.16. The maximum absolute atomic E-state index is 11.3. The summed E-state index contributed by atoms with van der Waals surface area (Å²) in [4.78, 5) is 21.8. The lowest BCUT2D eigenvalue weighted by atomic mass is 10.1. The number of carboxylic acids is 1. The minimum Gasteiger partial charge on any atom is -0.480 e. The number of aryl methyl sites for hydroxylation is 2. The average molecular weight is 254 g/mol. The predicted molar refractivity (Wildman–Crippen MR) is 65.3 cm³/mol. The number of H-pyrrole nitrogens is 1. The molecule has 0 aliphatic heterocycles. The molecule has 0 fully saturated rings. The van der Waals surface area contributed by atoms with E-state index in [4.69, 9.17) is 5.11 Å². The van der Waals surface area contributed by atoms with Crippen molar-refractivity contribution in [1.29, 1.82) is 0 Å². The lowest BCUT2D eigenvalue weighted by molar-refractivity contribution is -0.138. The van der Waals surface area contributed by atoms with Crippen LogP contribution in [0, 0.1) is 6.92 Å². The highest BCUT2D eigenvalue weighted by atomic mass is 16.4. The summed E-state index contributed by atoms with van der Waals surface area (Å²) in [6.45, 7) is 3.84. The molecule has 0 bridgehead atoms. The third-order valence-electron chi connectivity index (χ3n) is 2.56. The monoisotopic (exact) mass is 254 g/mol. The smallest absolute Gasteiger partial charge is 0.325 e. The van der Waals surface area contributed by atoms with E-state index in [1.165, 1.54) is 6.92 Å². The number of nitrogens with one attached hydrogen (secondary N) is 3. The molecule has 1 unspecified atom stereocenters. The number of urea groups is 1. The summed E-state index contributed by atoms with van der Waals surface area (Å²) in [6, 6.07) is -1.35. The predicted octanol–water partition coefficient (Wildman–Crippen LogP) is 0.423. The number of carbonyl (C=O) groups is 2. The molecule has 1 atom stereocenters. The third-order valence-corrected chi connectivity index (χ3v) is 2.56. The zero-order valence-electron chi connectivity index (χ0n) is 10.5. The molecule has 2 amide bonds. The van der Waals surface area contributed by atoms with Crippen molar-refractivity contribution in [1.82, 2.24) is 20.8 Å². The lowest BCUT2D eigenvalue weighted by Gasteiger charge is -2.10. The molecule has 0 radical (unpaired) electrons. The largest absolute Gasteiger partial charge is 0.480 e. The minimum atomic E-state index is -1.06. The SMILES string of the molecule is Cc1[nH]ncc1CCCNC(=O)NC(C)C(=O)O. The van der Waals surface area contributed by atoms with Crippen LogP contribution in [-0.2, 0) is 11.2 Å². The molecule has 1 rings (SSSR count). The Morgan fingerprint density at radius 3 is 2.83 bits per heavy atom. The first-order chi connectivity index (χ1) is 8.50. The van der Waals surface area contributed by atoms with E-state index in [1.54, 1.807) is 6.20 Å². The molecule has 0 saturated heterocycles. The van der Waals surface area contributed by atoms with Gasteiger partial charge in [-0.3, -0.25) is 9.89 Å². The Morgan fingerprint density at radius 1 is 1.56 bits per heavy atom. The van der Waals surface area contributed by atoms with E-state index in [2.05, 4.69) is 20.8 Å². The van der Waals surface area contributed by atoms with Crippen molar-refractivity contribution in [3.8, 4) is 0 Å². The van der Waals surface area contributed by atoms with Crippen LogP contribution in [0.15, 0.2) is 6.20 Å². The lowest BCUT2D eigenvalue weighted by Crippen LogP contribution is -2.44. The second kappa shape index (κ2) is 6.63. The molecule has 0 spiro atoms. The van der Waals surface area contributed by atoms with E-state index in [0.29, 0.717) is 6.54 Å². The van der Waals surface area contributed by atoms with E-state index in [9.17, 15) is 9.59 Å². The van der Waals surface area contributed by atoms with Crippen LogP contribution in [0.2, 0.25) is 0 Å². The Labute approximate surface area is 105 Å². The van der Waals surface area contributed by atoms with Crippen LogP contribution in [0.25, 0.3) is 0 Å². The number of hydrogen-bond donors (Lipinski definition) is 4. The third kappa shape index (κ3) is 4.44. The Balaban J connectivity index is 2.16. The van der Waals surface area contributed by atoms with E-state index < -0.39 is 18.0 Å². The van der Waals surface area contributed by atoms with Gasteiger partial charge in [0.25, 0.3) is 0 Å². The molecule has 0 saturated carbocycles. The van der Waals surface area contributed by atoms with Gasteiger partial charge in [0.15, 0.2) is 0 Å². The van der Waals surface area contributed by atoms with Gasteiger partial charge in [-0.2, -0.15) is 5.10 Å². The number of rotatable bonds is 6. The zero-order chi connectivity index (χ0) is 13.5. The molecule has 100 valence electrons. The second-order valence-electron chi connectivity index (χ2n) is 4.08. The first kappa shape index (κ1) is 14.0. The molecule has 0 aliphatic carbocycles. The van der Waals surface area contributed by atoms with Gasteiger partial charge in [0.1, 0.15) is 6.04 Å². The van der Waals surface area contributed by atoms with Gasteiger partial charge in [-0.25, -0.2) is 4.79 Å². The van der Waals surface area contributed by atoms with Crippen molar-refractivity contribution in [2.75, 3.05) is 6.54 Å². The van der Waals surface area contributed by atoms with E-state index in [0.717, 1.165) is 24.1 Å². The van der Waals surface area contributed by atoms with Gasteiger partial charge in [-0.05, 0) is 32.3 Å². The number of aliphatic carboxylic acids is 1. The molecule has 1 heterocycles. The highest BCUT2D eigenvalue weighted by Crippen LogP contribution is 2.04. The van der Waals surface area contributed by atoms with Gasteiger partial charge in [0.2, 0.25) is 0 Å². The Morgan fingerprint density at radius 2 is 2.28 bits per heavy atom. The summed E-state index contributed by atoms with van der Waals surface area (Å²) in [5.41, 5.74) is 2.15. The fraction of sp³-hybridized carbons (Fsp3) is 0.545. The van der Waals surface area contributed by atoms with Crippen molar-refractivity contribution in [2.45, 2.75) is 32.7 Å². The standard InChI is InChI=1S/C11H18N4O3/c1-7-9(6-13-15-7)4-3-5-12-11(18)14-8(2)10(16)17/h6,8H,3-5H2,1-2H3,(H,13,15)(H,16,17)(H2,12,14,18). The van der Waals surface area contributed by atoms with Gasteiger partial charge >= 0.3 is 12.0 Å². The molecular formula is C11H18N4O3. The summed E-state index contributed by atoms with van der Waals surface area (Å²) in [7, 11) is 0. The number of aromatic amines is 1. The number of hydrogen-bond acceptors (Lipinski definition) is 3. The van der Waals surface area contributed by atoms with Gasteiger partial charge < -0.3 is 15.7 Å². The quantitative estimate of drug-likeness (QED) is 0.552. The first-order valence-electron chi connectivity index (χ1n) is 5.76. The molecular weight excluding hydrogens is 236 g/mol. The summed E-state index contributed by atoms with van der Waals surface area (Å²) >= 11 is 0. The molecule has 1 aromatic heterocycles. The Hall–Kier alpha value is -2.05. The highest BCUT2D eigenvalue weighted by molar-refractivity contribution is 5.82. The Bertz CT molecular complexity index is 416. The van der Waals surface area contributed by atoms with Crippen LogP contribution >= 0.6 is 0 Å². The zero-order valence-corrected chi connectivity index (χ0v) is 10.5. The fourth-order valence-electron chi connectivity index (χ4n) is 1.42. The second-order valence-corrected chi connectivity index (χ2v) is 4.08. The summed E-state index contributed by atoms with van der Waals surface area (Å²) in [5, 5.41) is 20.3. The molecule has 4 N–H and O–H groups in total. The van der Waals surface area contributed by atoms with E-state index in [-0.39, 0.29) is 0 Å². The number of carboxylic acid groups (broad SMARTS) is 1. The van der Waals surface area contributed by atoms with Gasteiger partial charge in [-0.15, -0.1) is 0 Å². The van der Waals surface area contributed by atoms with E-state index >= 15 is 0 Å². The van der Waals surface area contributed by atoms with Crippen molar-refractivity contribution in [3.05, 3.63) is 17.5 Å². The number of carbonyl (C=O) groups excluding carboxylic acids is 1.